The summed E-state index contributed by atoms with van der Waals surface area (Å²) in [5, 5.41) is 0. The molecule has 1 atom stereocenters. The highest BCUT2D eigenvalue weighted by atomic mass is 16.6. The zero-order valence-corrected chi connectivity index (χ0v) is 49.4. The van der Waals surface area contributed by atoms with Gasteiger partial charge in [-0.15, -0.1) is 0 Å². The highest BCUT2D eigenvalue weighted by Gasteiger charge is 2.19. The average molecular weight is 1040 g/mol. The van der Waals surface area contributed by atoms with E-state index in [1.165, 1.54) is 186 Å². The van der Waals surface area contributed by atoms with E-state index in [0.29, 0.717) is 19.3 Å². The van der Waals surface area contributed by atoms with E-state index >= 15 is 0 Å². The van der Waals surface area contributed by atoms with E-state index in [2.05, 4.69) is 81.5 Å². The minimum Gasteiger partial charge on any atom is -0.462 e. The van der Waals surface area contributed by atoms with Crippen LogP contribution in [0.4, 0.5) is 0 Å². The normalized spacial score (nSPS) is 12.4. The molecule has 0 aliphatic carbocycles. The Hall–Kier alpha value is -2.89. The van der Waals surface area contributed by atoms with E-state index in [9.17, 15) is 14.4 Å². The fourth-order valence-electron chi connectivity index (χ4n) is 9.47. The van der Waals surface area contributed by atoms with Crippen LogP contribution >= 0.6 is 0 Å². The first-order valence-corrected chi connectivity index (χ1v) is 32.3. The van der Waals surface area contributed by atoms with E-state index < -0.39 is 6.10 Å². The fraction of sp³-hybridized carbons (Fsp3) is 0.809. The van der Waals surface area contributed by atoms with Gasteiger partial charge in [-0.1, -0.05) is 313 Å². The highest BCUT2D eigenvalue weighted by Crippen LogP contribution is 2.18. The van der Waals surface area contributed by atoms with Gasteiger partial charge in [0.2, 0.25) is 0 Å². The van der Waals surface area contributed by atoms with Crippen LogP contribution in [0.3, 0.4) is 0 Å². The van der Waals surface area contributed by atoms with Crippen molar-refractivity contribution in [1.29, 1.82) is 0 Å². The Labute approximate surface area is 460 Å². The highest BCUT2D eigenvalue weighted by molar-refractivity contribution is 5.71. The molecule has 6 nitrogen and oxygen atoms in total. The van der Waals surface area contributed by atoms with Crippen LogP contribution in [0.15, 0.2) is 60.8 Å². The molecular formula is C68H122O6. The third-order valence-corrected chi connectivity index (χ3v) is 14.3. The largest absolute Gasteiger partial charge is 0.462 e. The number of hydrogen-bond acceptors (Lipinski definition) is 6. The summed E-state index contributed by atoms with van der Waals surface area (Å²) in [6, 6.07) is 0. The smallest absolute Gasteiger partial charge is 0.306 e. The van der Waals surface area contributed by atoms with Crippen molar-refractivity contribution in [3.8, 4) is 0 Å². The van der Waals surface area contributed by atoms with Gasteiger partial charge in [0.15, 0.2) is 6.10 Å². The van der Waals surface area contributed by atoms with Gasteiger partial charge in [-0.2, -0.15) is 0 Å². The number of carbonyl (C=O) groups is 3. The third-order valence-electron chi connectivity index (χ3n) is 14.3. The van der Waals surface area contributed by atoms with Gasteiger partial charge in [0, 0.05) is 19.3 Å². The molecule has 0 heterocycles. The quantitative estimate of drug-likeness (QED) is 0.0261. The molecular weight excluding hydrogens is 913 g/mol. The van der Waals surface area contributed by atoms with E-state index in [-0.39, 0.29) is 31.1 Å². The van der Waals surface area contributed by atoms with Gasteiger partial charge in [0.1, 0.15) is 13.2 Å². The van der Waals surface area contributed by atoms with Crippen molar-refractivity contribution < 1.29 is 28.6 Å². The first kappa shape index (κ1) is 71.1. The Morgan fingerprint density at radius 3 is 0.824 bits per heavy atom. The molecule has 6 heteroatoms. The van der Waals surface area contributed by atoms with Crippen molar-refractivity contribution >= 4 is 17.9 Å². The maximum atomic E-state index is 12.9. The molecule has 0 saturated heterocycles. The molecule has 430 valence electrons. The number of unbranched alkanes of at least 4 members (excludes halogenated alkanes) is 38. The van der Waals surface area contributed by atoms with Crippen LogP contribution in [-0.4, -0.2) is 37.2 Å². The number of hydrogen-bond donors (Lipinski definition) is 0. The van der Waals surface area contributed by atoms with Gasteiger partial charge in [-0.3, -0.25) is 14.4 Å². The predicted molar refractivity (Wildman–Crippen MR) is 321 cm³/mol. The van der Waals surface area contributed by atoms with Crippen LogP contribution in [0.2, 0.25) is 0 Å². The monoisotopic (exact) mass is 1030 g/mol. The Morgan fingerprint density at radius 1 is 0.284 bits per heavy atom. The summed E-state index contributed by atoms with van der Waals surface area (Å²) in [5.41, 5.74) is 0. The van der Waals surface area contributed by atoms with Gasteiger partial charge in [0.05, 0.1) is 0 Å². The second kappa shape index (κ2) is 62.6. The molecule has 0 spiro atoms. The summed E-state index contributed by atoms with van der Waals surface area (Å²) >= 11 is 0. The van der Waals surface area contributed by atoms with Gasteiger partial charge in [-0.05, 0) is 64.2 Å². The minimum atomic E-state index is -0.780. The molecule has 0 aromatic carbocycles. The van der Waals surface area contributed by atoms with E-state index in [1.807, 2.05) is 0 Å². The maximum absolute atomic E-state index is 12.9. The number of rotatable bonds is 59. The Morgan fingerprint density at radius 2 is 0.527 bits per heavy atom. The van der Waals surface area contributed by atoms with Crippen LogP contribution in [-0.2, 0) is 28.6 Å². The Balaban J connectivity index is 4.37. The maximum Gasteiger partial charge on any atom is 0.306 e. The van der Waals surface area contributed by atoms with Gasteiger partial charge >= 0.3 is 17.9 Å². The van der Waals surface area contributed by atoms with Crippen LogP contribution in [0.25, 0.3) is 0 Å². The van der Waals surface area contributed by atoms with E-state index in [0.717, 1.165) is 109 Å². The lowest BCUT2D eigenvalue weighted by molar-refractivity contribution is -0.167. The lowest BCUT2D eigenvalue weighted by Gasteiger charge is -2.18. The zero-order valence-electron chi connectivity index (χ0n) is 49.4. The molecule has 0 aromatic rings. The SMILES string of the molecule is CC/C=C\C/C=C\C/C=C\C/C=C\C/C=C\CCCCCCCC(=O)OCC(COC(=O)CCCCCCCCCCCCCCCCCC)OC(=O)CCCCCCCCCCCCCCCCCCCCC. The van der Waals surface area contributed by atoms with Crippen LogP contribution < -0.4 is 0 Å². The molecule has 1 unspecified atom stereocenters. The molecule has 0 amide bonds. The Kier molecular flexibility index (Phi) is 60.2. The van der Waals surface area contributed by atoms with Crippen molar-refractivity contribution in [2.75, 3.05) is 13.2 Å². The van der Waals surface area contributed by atoms with Gasteiger partial charge in [-0.25, -0.2) is 0 Å². The number of esters is 3. The molecule has 0 aliphatic heterocycles. The summed E-state index contributed by atoms with van der Waals surface area (Å²) in [6.45, 7) is 6.57. The summed E-state index contributed by atoms with van der Waals surface area (Å²) in [4.78, 5) is 38.3. The van der Waals surface area contributed by atoms with Crippen molar-refractivity contribution in [1.82, 2.24) is 0 Å². The van der Waals surface area contributed by atoms with Crippen LogP contribution in [0.5, 0.6) is 0 Å². The standard InChI is InChI=1S/C68H122O6/c1-4-7-10-13-16-19-22-25-28-31-33-34-36-37-40-43-46-49-52-55-58-61-67(70)73-64-65(63-72-66(69)60-57-54-51-48-45-42-39-30-27-24-21-18-15-12-9-6-3)74-68(71)62-59-56-53-50-47-44-41-38-35-32-29-26-23-20-17-14-11-8-5-2/h7,10,16,19,25,28,33-34,37,40,65H,4-6,8-9,11-15,17-18,20-24,26-27,29-32,35-36,38-39,41-64H2,1-3H3/b10-7-,19-16-,28-25-,34-33-,40-37-. The molecule has 0 fully saturated rings. The van der Waals surface area contributed by atoms with Crippen molar-refractivity contribution in [2.24, 2.45) is 0 Å². The molecule has 0 radical (unpaired) electrons. The Bertz CT molecular complexity index is 1330. The van der Waals surface area contributed by atoms with Gasteiger partial charge < -0.3 is 14.2 Å². The average Bonchev–Trinajstić information content (AvgIpc) is 3.40. The van der Waals surface area contributed by atoms with Crippen LogP contribution in [0, 0.1) is 0 Å². The van der Waals surface area contributed by atoms with E-state index in [4.69, 9.17) is 14.2 Å². The molecule has 0 rings (SSSR count). The second-order valence-electron chi connectivity index (χ2n) is 21.7. The predicted octanol–water partition coefficient (Wildman–Crippen LogP) is 21.9. The molecule has 0 N–H and O–H groups in total. The van der Waals surface area contributed by atoms with Crippen LogP contribution in [0.1, 0.15) is 335 Å². The molecule has 0 aromatic heterocycles. The minimum absolute atomic E-state index is 0.0756. The van der Waals surface area contributed by atoms with Crippen molar-refractivity contribution in [3.63, 3.8) is 0 Å². The molecule has 0 aliphatic rings. The molecule has 0 bridgehead atoms. The fourth-order valence-corrected chi connectivity index (χ4v) is 9.47. The zero-order chi connectivity index (χ0) is 53.6. The van der Waals surface area contributed by atoms with Crippen molar-refractivity contribution in [3.05, 3.63) is 60.8 Å². The first-order chi connectivity index (χ1) is 36.5. The first-order valence-electron chi connectivity index (χ1n) is 32.3. The van der Waals surface area contributed by atoms with E-state index in [1.54, 1.807) is 0 Å². The second-order valence-corrected chi connectivity index (χ2v) is 21.7. The molecule has 0 saturated carbocycles. The number of ether oxygens (including phenoxy) is 3. The summed E-state index contributed by atoms with van der Waals surface area (Å²) in [7, 11) is 0. The summed E-state index contributed by atoms with van der Waals surface area (Å²) < 4.78 is 16.9. The lowest BCUT2D eigenvalue weighted by Crippen LogP contribution is -2.30. The topological polar surface area (TPSA) is 78.9 Å². The lowest BCUT2D eigenvalue weighted by atomic mass is 10.0. The van der Waals surface area contributed by atoms with Crippen molar-refractivity contribution in [2.45, 2.75) is 341 Å². The summed E-state index contributed by atoms with van der Waals surface area (Å²) in [5.74, 6) is -0.873. The number of allylic oxidation sites excluding steroid dienone is 10. The van der Waals surface area contributed by atoms with Gasteiger partial charge in [0.25, 0.3) is 0 Å². The number of carbonyl (C=O) groups excluding carboxylic acids is 3. The third kappa shape index (κ3) is 60.0. The molecule has 74 heavy (non-hydrogen) atoms. The summed E-state index contributed by atoms with van der Waals surface area (Å²) in [6.07, 6.45) is 79.3.